The maximum absolute atomic E-state index is 12.2. The fourth-order valence-corrected chi connectivity index (χ4v) is 2.74. The van der Waals surface area contributed by atoms with E-state index >= 15 is 0 Å². The number of rotatable bonds is 4. The van der Waals surface area contributed by atoms with Gasteiger partial charge in [0.25, 0.3) is 0 Å². The van der Waals surface area contributed by atoms with Crippen molar-refractivity contribution in [2.45, 2.75) is 4.90 Å². The second-order valence-electron chi connectivity index (χ2n) is 5.03. The highest BCUT2D eigenvalue weighted by atomic mass is 32.2. The predicted octanol–water partition coefficient (Wildman–Crippen LogP) is 5.46. The molecule has 0 radical (unpaired) electrons. The van der Waals surface area contributed by atoms with Gasteiger partial charge in [0, 0.05) is 10.5 Å². The van der Waals surface area contributed by atoms with Gasteiger partial charge in [-0.05, 0) is 59.0 Å². The normalized spacial score (nSPS) is 11.1. The van der Waals surface area contributed by atoms with Crippen LogP contribution in [0.3, 0.4) is 0 Å². The molecule has 0 N–H and O–H groups in total. The van der Waals surface area contributed by atoms with Crippen molar-refractivity contribution in [3.63, 3.8) is 0 Å². The van der Waals surface area contributed by atoms with E-state index in [1.54, 1.807) is 17.8 Å². The first-order valence-corrected chi connectivity index (χ1v) is 8.34. The molecule has 0 bridgehead atoms. The summed E-state index contributed by atoms with van der Waals surface area (Å²) in [6.07, 6.45) is 5.53. The van der Waals surface area contributed by atoms with Gasteiger partial charge in [-0.3, -0.25) is 4.79 Å². The lowest BCUT2D eigenvalue weighted by atomic mass is 10.1. The van der Waals surface area contributed by atoms with Crippen molar-refractivity contribution >= 4 is 34.4 Å². The van der Waals surface area contributed by atoms with E-state index in [9.17, 15) is 4.79 Å². The van der Waals surface area contributed by atoms with Crippen molar-refractivity contribution in [1.82, 2.24) is 0 Å². The Bertz CT molecular complexity index is 832. The fraction of sp³-hybridized carbons (Fsp3) is 0.0500. The average molecular weight is 304 g/mol. The van der Waals surface area contributed by atoms with Crippen molar-refractivity contribution in [2.24, 2.45) is 0 Å². The largest absolute Gasteiger partial charge is 0.289 e. The number of hydrogen-bond donors (Lipinski definition) is 0. The number of benzene rings is 3. The first-order chi connectivity index (χ1) is 10.8. The molecule has 0 aliphatic rings. The molecule has 0 amide bonds. The number of hydrogen-bond acceptors (Lipinski definition) is 2. The first-order valence-electron chi connectivity index (χ1n) is 7.11. The summed E-state index contributed by atoms with van der Waals surface area (Å²) >= 11 is 1.67. The van der Waals surface area contributed by atoms with Gasteiger partial charge in [-0.2, -0.15) is 0 Å². The number of fused-ring (bicyclic) bond motifs is 1. The Morgan fingerprint density at radius 2 is 1.64 bits per heavy atom. The second kappa shape index (κ2) is 6.63. The van der Waals surface area contributed by atoms with E-state index < -0.39 is 0 Å². The van der Waals surface area contributed by atoms with Gasteiger partial charge in [0.2, 0.25) is 0 Å². The summed E-state index contributed by atoms with van der Waals surface area (Å²) in [7, 11) is 0. The van der Waals surface area contributed by atoms with Gasteiger partial charge in [0.15, 0.2) is 5.78 Å². The second-order valence-corrected chi connectivity index (χ2v) is 5.91. The molecule has 3 rings (SSSR count). The molecule has 0 saturated carbocycles. The Labute approximate surface area is 134 Å². The van der Waals surface area contributed by atoms with Crippen molar-refractivity contribution in [1.29, 1.82) is 0 Å². The zero-order chi connectivity index (χ0) is 15.4. The highest BCUT2D eigenvalue weighted by Gasteiger charge is 2.01. The zero-order valence-electron chi connectivity index (χ0n) is 12.3. The topological polar surface area (TPSA) is 17.1 Å². The molecule has 0 saturated heterocycles. The zero-order valence-corrected chi connectivity index (χ0v) is 13.1. The van der Waals surface area contributed by atoms with Crippen LogP contribution >= 0.6 is 11.8 Å². The standard InChI is InChI=1S/C20H16OS/c1-22-19-11-9-17(10-12-19)20(21)13-7-15-6-8-16-4-2-3-5-18(16)14-15/h2-14H,1H3. The number of carbonyl (C=O) groups is 1. The molecule has 0 aliphatic carbocycles. The van der Waals surface area contributed by atoms with Gasteiger partial charge in [0.1, 0.15) is 0 Å². The maximum Gasteiger partial charge on any atom is 0.185 e. The van der Waals surface area contributed by atoms with Crippen LogP contribution in [-0.4, -0.2) is 12.0 Å². The highest BCUT2D eigenvalue weighted by molar-refractivity contribution is 7.98. The third-order valence-electron chi connectivity index (χ3n) is 3.58. The van der Waals surface area contributed by atoms with Crippen molar-refractivity contribution in [3.8, 4) is 0 Å². The van der Waals surface area contributed by atoms with Gasteiger partial charge in [-0.1, -0.05) is 42.5 Å². The average Bonchev–Trinajstić information content (AvgIpc) is 2.59. The quantitative estimate of drug-likeness (QED) is 0.362. The third-order valence-corrected chi connectivity index (χ3v) is 4.32. The van der Waals surface area contributed by atoms with Crippen LogP contribution in [0.2, 0.25) is 0 Å². The van der Waals surface area contributed by atoms with E-state index in [2.05, 4.69) is 24.3 Å². The van der Waals surface area contributed by atoms with E-state index in [4.69, 9.17) is 0 Å². The third kappa shape index (κ3) is 3.29. The van der Waals surface area contributed by atoms with Crippen molar-refractivity contribution < 1.29 is 4.79 Å². The molecular weight excluding hydrogens is 288 g/mol. The van der Waals surface area contributed by atoms with Crippen molar-refractivity contribution in [2.75, 3.05) is 6.26 Å². The summed E-state index contributed by atoms with van der Waals surface area (Å²) in [4.78, 5) is 13.3. The molecule has 0 aromatic heterocycles. The minimum atomic E-state index is 0.0285. The van der Waals surface area contributed by atoms with Gasteiger partial charge in [-0.15, -0.1) is 11.8 Å². The molecule has 0 spiro atoms. The summed E-state index contributed by atoms with van der Waals surface area (Å²) < 4.78 is 0. The van der Waals surface area contributed by atoms with Gasteiger partial charge < -0.3 is 0 Å². The summed E-state index contributed by atoms with van der Waals surface area (Å²) in [6.45, 7) is 0. The summed E-state index contributed by atoms with van der Waals surface area (Å²) in [5.41, 5.74) is 1.75. The number of carbonyl (C=O) groups excluding carboxylic acids is 1. The minimum Gasteiger partial charge on any atom is -0.289 e. The summed E-state index contributed by atoms with van der Waals surface area (Å²) in [6, 6.07) is 22.1. The minimum absolute atomic E-state index is 0.0285. The number of allylic oxidation sites excluding steroid dienone is 1. The van der Waals surface area contributed by atoms with Gasteiger partial charge >= 0.3 is 0 Å². The lowest BCUT2D eigenvalue weighted by Gasteiger charge is -2.00. The van der Waals surface area contributed by atoms with Crippen LogP contribution in [0, 0.1) is 0 Å². The summed E-state index contributed by atoms with van der Waals surface area (Å²) in [5, 5.41) is 2.39. The maximum atomic E-state index is 12.2. The predicted molar refractivity (Wildman–Crippen MR) is 95.5 cm³/mol. The molecule has 0 aliphatic heterocycles. The Balaban J connectivity index is 1.80. The van der Waals surface area contributed by atoms with Crippen LogP contribution in [0.15, 0.2) is 77.7 Å². The summed E-state index contributed by atoms with van der Waals surface area (Å²) in [5.74, 6) is 0.0285. The first kappa shape index (κ1) is 14.6. The Kier molecular flexibility index (Phi) is 4.40. The van der Waals surface area contributed by atoms with Crippen LogP contribution in [-0.2, 0) is 0 Å². The van der Waals surface area contributed by atoms with E-state index in [1.165, 1.54) is 10.8 Å². The molecule has 0 heterocycles. The molecule has 3 aromatic carbocycles. The monoisotopic (exact) mass is 304 g/mol. The van der Waals surface area contributed by atoms with Gasteiger partial charge in [0.05, 0.1) is 0 Å². The van der Waals surface area contributed by atoms with Crippen LogP contribution in [0.4, 0.5) is 0 Å². The number of thioether (sulfide) groups is 1. The SMILES string of the molecule is CSc1ccc(C(=O)C=Cc2ccc3ccccc3c2)cc1. The van der Waals surface area contributed by atoms with E-state index in [0.717, 1.165) is 16.0 Å². The Morgan fingerprint density at radius 3 is 2.36 bits per heavy atom. The molecule has 0 unspecified atom stereocenters. The molecule has 1 nitrogen and oxygen atoms in total. The lowest BCUT2D eigenvalue weighted by Crippen LogP contribution is -1.93. The molecule has 108 valence electrons. The van der Waals surface area contributed by atoms with E-state index in [1.807, 2.05) is 54.8 Å². The molecule has 0 atom stereocenters. The van der Waals surface area contributed by atoms with Crippen LogP contribution < -0.4 is 0 Å². The molecule has 2 heteroatoms. The smallest absolute Gasteiger partial charge is 0.185 e. The van der Waals surface area contributed by atoms with Crippen LogP contribution in [0.1, 0.15) is 15.9 Å². The Hall–Kier alpha value is -2.32. The molecule has 0 fully saturated rings. The van der Waals surface area contributed by atoms with E-state index in [0.29, 0.717) is 0 Å². The lowest BCUT2D eigenvalue weighted by molar-refractivity contribution is 0.104. The van der Waals surface area contributed by atoms with E-state index in [-0.39, 0.29) is 5.78 Å². The Morgan fingerprint density at radius 1 is 0.909 bits per heavy atom. The highest BCUT2D eigenvalue weighted by Crippen LogP contribution is 2.18. The molecule has 22 heavy (non-hydrogen) atoms. The molecule has 3 aromatic rings. The van der Waals surface area contributed by atoms with Crippen LogP contribution in [0.25, 0.3) is 16.8 Å². The van der Waals surface area contributed by atoms with Crippen molar-refractivity contribution in [3.05, 3.63) is 83.9 Å². The van der Waals surface area contributed by atoms with Gasteiger partial charge in [-0.25, -0.2) is 0 Å². The fourth-order valence-electron chi connectivity index (χ4n) is 2.33. The number of ketones is 1. The van der Waals surface area contributed by atoms with Crippen LogP contribution in [0.5, 0.6) is 0 Å². The molecular formula is C20H16OS.